The van der Waals surface area contributed by atoms with Crippen molar-refractivity contribution in [2.45, 2.75) is 31.7 Å². The fourth-order valence-electron chi connectivity index (χ4n) is 3.23. The van der Waals surface area contributed by atoms with Crippen LogP contribution in [0.2, 0.25) is 0 Å². The molecule has 1 atom stereocenters. The Balaban J connectivity index is 1.83. The van der Waals surface area contributed by atoms with Crippen LogP contribution < -0.4 is 14.8 Å². The maximum Gasteiger partial charge on any atom is 0.322 e. The zero-order valence-electron chi connectivity index (χ0n) is 14.7. The van der Waals surface area contributed by atoms with Gasteiger partial charge in [-0.3, -0.25) is 0 Å². The number of benzene rings is 1. The van der Waals surface area contributed by atoms with Gasteiger partial charge in [-0.2, -0.15) is 0 Å². The highest BCUT2D eigenvalue weighted by atomic mass is 32.1. The van der Waals surface area contributed by atoms with Crippen LogP contribution in [-0.4, -0.2) is 31.7 Å². The lowest BCUT2D eigenvalue weighted by molar-refractivity contribution is 0.190. The first kappa shape index (κ1) is 17.6. The monoisotopic (exact) mass is 360 g/mol. The van der Waals surface area contributed by atoms with Crippen LogP contribution in [0.1, 0.15) is 36.6 Å². The van der Waals surface area contributed by atoms with Gasteiger partial charge in [-0.05, 0) is 36.4 Å². The normalized spacial score (nSPS) is 17.7. The topological polar surface area (TPSA) is 50.8 Å². The number of hydrogen-bond donors (Lipinski definition) is 1. The van der Waals surface area contributed by atoms with Gasteiger partial charge in [0.1, 0.15) is 11.5 Å². The molecular formula is C19H24N2O3S. The average molecular weight is 360 g/mol. The number of nitrogens with zero attached hydrogens (tertiary/aromatic N) is 1. The standard InChI is InChI=1S/C19H24N2O3S/c1-23-14-9-10-17(24-2)15(13-14)20-19(22)21-11-5-3-4-7-16(21)18-8-6-12-25-18/h6,8-10,12-13,16H,3-5,7,11H2,1-2H3,(H,20,22). The highest BCUT2D eigenvalue weighted by Gasteiger charge is 2.28. The average Bonchev–Trinajstić information content (AvgIpc) is 3.05. The van der Waals surface area contributed by atoms with E-state index in [1.54, 1.807) is 37.7 Å². The van der Waals surface area contributed by atoms with Crippen molar-refractivity contribution < 1.29 is 14.3 Å². The number of likely N-dealkylation sites (tertiary alicyclic amines) is 1. The summed E-state index contributed by atoms with van der Waals surface area (Å²) in [4.78, 5) is 16.2. The Kier molecular flexibility index (Phi) is 5.81. The number of ether oxygens (including phenoxy) is 2. The van der Waals surface area contributed by atoms with Gasteiger partial charge in [-0.25, -0.2) is 4.79 Å². The lowest BCUT2D eigenvalue weighted by Gasteiger charge is -2.29. The van der Waals surface area contributed by atoms with Crippen molar-refractivity contribution in [3.8, 4) is 11.5 Å². The number of thiophene rings is 1. The molecule has 6 heteroatoms. The molecule has 2 amide bonds. The van der Waals surface area contributed by atoms with Crippen LogP contribution in [0.4, 0.5) is 10.5 Å². The molecule has 1 aliphatic rings. The molecule has 1 N–H and O–H groups in total. The van der Waals surface area contributed by atoms with E-state index in [-0.39, 0.29) is 12.1 Å². The predicted octanol–water partition coefficient (Wildman–Crippen LogP) is 4.91. The first-order valence-corrected chi connectivity index (χ1v) is 9.44. The fraction of sp³-hybridized carbons (Fsp3) is 0.421. The molecular weight excluding hydrogens is 336 g/mol. The molecule has 0 aliphatic carbocycles. The van der Waals surface area contributed by atoms with Crippen molar-refractivity contribution in [1.29, 1.82) is 0 Å². The van der Waals surface area contributed by atoms with Gasteiger partial charge >= 0.3 is 6.03 Å². The summed E-state index contributed by atoms with van der Waals surface area (Å²) in [5.74, 6) is 1.30. The molecule has 1 aromatic heterocycles. The van der Waals surface area contributed by atoms with Crippen molar-refractivity contribution in [2.24, 2.45) is 0 Å². The third kappa shape index (κ3) is 4.07. The zero-order chi connectivity index (χ0) is 17.6. The molecule has 0 saturated carbocycles. The second-order valence-corrected chi connectivity index (χ2v) is 7.05. The summed E-state index contributed by atoms with van der Waals surface area (Å²) in [6, 6.07) is 9.61. The van der Waals surface area contributed by atoms with Crippen molar-refractivity contribution >= 4 is 23.1 Å². The second-order valence-electron chi connectivity index (χ2n) is 6.07. The molecule has 0 spiro atoms. The number of nitrogens with one attached hydrogen (secondary N) is 1. The minimum atomic E-state index is -0.0909. The third-order valence-electron chi connectivity index (χ3n) is 4.53. The Morgan fingerprint density at radius 2 is 2.08 bits per heavy atom. The molecule has 2 aromatic rings. The molecule has 1 saturated heterocycles. The molecule has 2 heterocycles. The summed E-state index contributed by atoms with van der Waals surface area (Å²) in [7, 11) is 3.20. The van der Waals surface area contributed by atoms with Crippen molar-refractivity contribution in [3.63, 3.8) is 0 Å². The first-order valence-electron chi connectivity index (χ1n) is 8.56. The Morgan fingerprint density at radius 3 is 2.80 bits per heavy atom. The van der Waals surface area contributed by atoms with E-state index in [1.807, 2.05) is 17.0 Å². The SMILES string of the molecule is COc1ccc(OC)c(NC(=O)N2CCCCCC2c2cccs2)c1. The molecule has 3 rings (SSSR count). The molecule has 1 unspecified atom stereocenters. The number of urea groups is 1. The molecule has 1 aliphatic heterocycles. The highest BCUT2D eigenvalue weighted by Crippen LogP contribution is 2.34. The minimum absolute atomic E-state index is 0.0909. The van der Waals surface area contributed by atoms with Crippen molar-refractivity contribution in [3.05, 3.63) is 40.6 Å². The summed E-state index contributed by atoms with van der Waals surface area (Å²) in [6.07, 6.45) is 4.34. The number of rotatable bonds is 4. The van der Waals surface area contributed by atoms with Gasteiger partial charge in [-0.1, -0.05) is 18.9 Å². The summed E-state index contributed by atoms with van der Waals surface area (Å²) in [5.41, 5.74) is 0.626. The number of amides is 2. The second kappa shape index (κ2) is 8.25. The third-order valence-corrected chi connectivity index (χ3v) is 5.51. The Bertz CT molecular complexity index is 703. The molecule has 25 heavy (non-hydrogen) atoms. The van der Waals surface area contributed by atoms with Gasteiger partial charge in [0.25, 0.3) is 0 Å². The number of methoxy groups -OCH3 is 2. The van der Waals surface area contributed by atoms with Gasteiger partial charge < -0.3 is 19.7 Å². The maximum atomic E-state index is 13.0. The quantitative estimate of drug-likeness (QED) is 0.842. The van der Waals surface area contributed by atoms with E-state index in [9.17, 15) is 4.79 Å². The number of carbonyl (C=O) groups is 1. The van der Waals surface area contributed by atoms with Gasteiger partial charge in [0.05, 0.1) is 25.9 Å². The summed E-state index contributed by atoms with van der Waals surface area (Å²) in [5, 5.41) is 5.08. The smallest absolute Gasteiger partial charge is 0.322 e. The fourth-order valence-corrected chi connectivity index (χ4v) is 4.10. The van der Waals surface area contributed by atoms with Crippen LogP contribution in [0.25, 0.3) is 0 Å². The van der Waals surface area contributed by atoms with Crippen LogP contribution in [0.5, 0.6) is 11.5 Å². The van der Waals surface area contributed by atoms with Gasteiger partial charge in [0.2, 0.25) is 0 Å². The summed E-state index contributed by atoms with van der Waals surface area (Å²) >= 11 is 1.71. The minimum Gasteiger partial charge on any atom is -0.497 e. The maximum absolute atomic E-state index is 13.0. The van der Waals surface area contributed by atoms with Crippen molar-refractivity contribution in [2.75, 3.05) is 26.1 Å². The molecule has 134 valence electrons. The number of anilines is 1. The van der Waals surface area contributed by atoms with E-state index in [1.165, 1.54) is 4.88 Å². The molecule has 1 aromatic carbocycles. The van der Waals surface area contributed by atoms with Crippen LogP contribution in [0.3, 0.4) is 0 Å². The predicted molar refractivity (Wildman–Crippen MR) is 101 cm³/mol. The van der Waals surface area contributed by atoms with E-state index in [4.69, 9.17) is 9.47 Å². The molecule has 5 nitrogen and oxygen atoms in total. The highest BCUT2D eigenvalue weighted by molar-refractivity contribution is 7.10. The number of hydrogen-bond acceptors (Lipinski definition) is 4. The summed E-state index contributed by atoms with van der Waals surface area (Å²) < 4.78 is 10.6. The largest absolute Gasteiger partial charge is 0.497 e. The molecule has 0 radical (unpaired) electrons. The van der Waals surface area contributed by atoms with E-state index in [2.05, 4.69) is 16.8 Å². The lowest BCUT2D eigenvalue weighted by Crippen LogP contribution is -2.37. The van der Waals surface area contributed by atoms with E-state index in [0.29, 0.717) is 17.2 Å². The van der Waals surface area contributed by atoms with Gasteiger partial charge in [0.15, 0.2) is 0 Å². The lowest BCUT2D eigenvalue weighted by atomic mass is 10.1. The van der Waals surface area contributed by atoms with Gasteiger partial charge in [-0.15, -0.1) is 11.3 Å². The van der Waals surface area contributed by atoms with E-state index < -0.39 is 0 Å². The van der Waals surface area contributed by atoms with Crippen LogP contribution in [0.15, 0.2) is 35.7 Å². The Morgan fingerprint density at radius 1 is 1.20 bits per heavy atom. The molecule has 1 fully saturated rings. The zero-order valence-corrected chi connectivity index (χ0v) is 15.5. The van der Waals surface area contributed by atoms with Gasteiger partial charge in [0, 0.05) is 17.5 Å². The van der Waals surface area contributed by atoms with Crippen LogP contribution >= 0.6 is 11.3 Å². The van der Waals surface area contributed by atoms with Crippen molar-refractivity contribution in [1.82, 2.24) is 4.90 Å². The number of carbonyl (C=O) groups excluding carboxylic acids is 1. The molecule has 0 bridgehead atoms. The van der Waals surface area contributed by atoms with Crippen LogP contribution in [-0.2, 0) is 0 Å². The van der Waals surface area contributed by atoms with E-state index >= 15 is 0 Å². The Labute approximate surface area is 152 Å². The van der Waals surface area contributed by atoms with E-state index in [0.717, 1.165) is 32.2 Å². The Hall–Kier alpha value is -2.21. The summed E-state index contributed by atoms with van der Waals surface area (Å²) in [6.45, 7) is 0.765. The first-order chi connectivity index (χ1) is 12.2. The van der Waals surface area contributed by atoms with Crippen LogP contribution in [0, 0.1) is 0 Å².